The summed E-state index contributed by atoms with van der Waals surface area (Å²) in [5.41, 5.74) is 2.92. The van der Waals surface area contributed by atoms with E-state index in [4.69, 9.17) is 0 Å². The zero-order chi connectivity index (χ0) is 17.4. The van der Waals surface area contributed by atoms with Gasteiger partial charge in [-0.25, -0.2) is 14.4 Å². The highest BCUT2D eigenvalue weighted by Gasteiger charge is 2.27. The van der Waals surface area contributed by atoms with Gasteiger partial charge in [0.1, 0.15) is 18.0 Å². The van der Waals surface area contributed by atoms with Crippen LogP contribution in [0.5, 0.6) is 0 Å². The number of halogens is 1. The van der Waals surface area contributed by atoms with Gasteiger partial charge in [0.25, 0.3) is 5.91 Å². The third-order valence-corrected chi connectivity index (χ3v) is 4.93. The maximum Gasteiger partial charge on any atom is 0.257 e. The molecule has 1 saturated carbocycles. The number of fused-ring (bicyclic) bond motifs is 1. The summed E-state index contributed by atoms with van der Waals surface area (Å²) in [5, 5.41) is 3.45. The number of hydrogen-bond donors (Lipinski definition) is 1. The lowest BCUT2D eigenvalue weighted by atomic mass is 10.1. The van der Waals surface area contributed by atoms with Crippen LogP contribution in [0.2, 0.25) is 0 Å². The Morgan fingerprint density at radius 1 is 1.24 bits per heavy atom. The number of nitrogens with one attached hydrogen (secondary N) is 1. The summed E-state index contributed by atoms with van der Waals surface area (Å²) in [5.74, 6) is 0.194. The first kappa shape index (κ1) is 16.0. The Labute approximate surface area is 146 Å². The number of hydrogen-bond acceptors (Lipinski definition) is 4. The van der Waals surface area contributed by atoms with Crippen LogP contribution in [0.1, 0.15) is 40.0 Å². The highest BCUT2D eigenvalue weighted by Crippen LogP contribution is 2.28. The summed E-state index contributed by atoms with van der Waals surface area (Å²) >= 11 is 0. The van der Waals surface area contributed by atoms with Gasteiger partial charge in [-0.2, -0.15) is 0 Å². The standard InChI is InChI=1S/C19H21FN4O/c1-12-3-2-4-15(20)17(12)19(25)24-9-7-14-16(8-10-24)21-11-22-18(14)23-13-5-6-13/h2-4,11,13H,5-10H2,1H3,(H,21,22,23). The third kappa shape index (κ3) is 3.21. The summed E-state index contributed by atoms with van der Waals surface area (Å²) in [6.45, 7) is 2.86. The number of rotatable bonds is 3. The van der Waals surface area contributed by atoms with Gasteiger partial charge in [-0.1, -0.05) is 12.1 Å². The van der Waals surface area contributed by atoms with Crippen molar-refractivity contribution in [3.05, 3.63) is 52.7 Å². The molecular formula is C19H21FN4O. The molecule has 2 aromatic rings. The molecule has 1 fully saturated rings. The summed E-state index contributed by atoms with van der Waals surface area (Å²) in [7, 11) is 0. The van der Waals surface area contributed by atoms with Crippen LogP contribution in [-0.4, -0.2) is 39.9 Å². The molecule has 1 aromatic carbocycles. The highest BCUT2D eigenvalue weighted by atomic mass is 19.1. The molecule has 1 aliphatic carbocycles. The van der Waals surface area contributed by atoms with Crippen molar-refractivity contribution in [2.24, 2.45) is 0 Å². The SMILES string of the molecule is Cc1cccc(F)c1C(=O)N1CCc2ncnc(NC3CC3)c2CC1. The van der Waals surface area contributed by atoms with E-state index in [1.54, 1.807) is 30.3 Å². The fourth-order valence-electron chi connectivity index (χ4n) is 3.34. The lowest BCUT2D eigenvalue weighted by molar-refractivity contribution is 0.0757. The van der Waals surface area contributed by atoms with Gasteiger partial charge in [0, 0.05) is 31.1 Å². The lowest BCUT2D eigenvalue weighted by Crippen LogP contribution is -2.34. The topological polar surface area (TPSA) is 58.1 Å². The Morgan fingerprint density at radius 3 is 2.80 bits per heavy atom. The number of carbonyl (C=O) groups excluding carboxylic acids is 1. The smallest absolute Gasteiger partial charge is 0.257 e. The molecule has 1 N–H and O–H groups in total. The Bertz CT molecular complexity index is 799. The first-order valence-electron chi connectivity index (χ1n) is 8.77. The number of benzene rings is 1. The quantitative estimate of drug-likeness (QED) is 0.933. The molecule has 0 spiro atoms. The first-order valence-corrected chi connectivity index (χ1v) is 8.77. The monoisotopic (exact) mass is 340 g/mol. The second-order valence-corrected chi connectivity index (χ2v) is 6.79. The minimum absolute atomic E-state index is 0.177. The summed E-state index contributed by atoms with van der Waals surface area (Å²) in [4.78, 5) is 23.4. The molecule has 2 aliphatic rings. The van der Waals surface area contributed by atoms with E-state index in [1.165, 1.54) is 18.9 Å². The Kier molecular flexibility index (Phi) is 4.11. The van der Waals surface area contributed by atoms with Crippen molar-refractivity contribution in [1.29, 1.82) is 0 Å². The van der Waals surface area contributed by atoms with Crippen molar-refractivity contribution < 1.29 is 9.18 Å². The molecule has 5 nitrogen and oxygen atoms in total. The number of aryl methyl sites for hydroxylation is 1. The molecule has 0 unspecified atom stereocenters. The summed E-state index contributed by atoms with van der Waals surface area (Å²) in [6.07, 6.45) is 5.29. The van der Waals surface area contributed by atoms with E-state index in [0.717, 1.165) is 17.1 Å². The zero-order valence-electron chi connectivity index (χ0n) is 14.3. The van der Waals surface area contributed by atoms with E-state index in [2.05, 4.69) is 15.3 Å². The Balaban J connectivity index is 1.56. The second-order valence-electron chi connectivity index (χ2n) is 6.79. The average Bonchev–Trinajstić information content (AvgIpc) is 3.41. The van der Waals surface area contributed by atoms with Crippen LogP contribution in [0, 0.1) is 12.7 Å². The number of anilines is 1. The fourth-order valence-corrected chi connectivity index (χ4v) is 3.34. The van der Waals surface area contributed by atoms with Crippen molar-refractivity contribution in [2.75, 3.05) is 18.4 Å². The van der Waals surface area contributed by atoms with Crippen LogP contribution in [0.25, 0.3) is 0 Å². The number of carbonyl (C=O) groups is 1. The van der Waals surface area contributed by atoms with Gasteiger partial charge in [-0.05, 0) is 37.8 Å². The van der Waals surface area contributed by atoms with Crippen LogP contribution in [0.15, 0.2) is 24.5 Å². The molecule has 2 heterocycles. The van der Waals surface area contributed by atoms with E-state index >= 15 is 0 Å². The Morgan fingerprint density at radius 2 is 2.04 bits per heavy atom. The average molecular weight is 340 g/mol. The van der Waals surface area contributed by atoms with E-state index in [-0.39, 0.29) is 11.5 Å². The molecule has 1 amide bonds. The summed E-state index contributed by atoms with van der Waals surface area (Å²) < 4.78 is 14.2. The van der Waals surface area contributed by atoms with Crippen LogP contribution in [0.3, 0.4) is 0 Å². The van der Waals surface area contributed by atoms with Gasteiger partial charge < -0.3 is 10.2 Å². The van der Waals surface area contributed by atoms with Crippen molar-refractivity contribution in [2.45, 2.75) is 38.6 Å². The largest absolute Gasteiger partial charge is 0.367 e. The lowest BCUT2D eigenvalue weighted by Gasteiger charge is -2.21. The zero-order valence-corrected chi connectivity index (χ0v) is 14.3. The maximum atomic E-state index is 14.2. The van der Waals surface area contributed by atoms with E-state index in [1.807, 2.05) is 0 Å². The maximum absolute atomic E-state index is 14.2. The van der Waals surface area contributed by atoms with E-state index in [0.29, 0.717) is 37.5 Å². The van der Waals surface area contributed by atoms with Crippen LogP contribution < -0.4 is 5.32 Å². The van der Waals surface area contributed by atoms with E-state index < -0.39 is 5.82 Å². The van der Waals surface area contributed by atoms with Gasteiger partial charge in [-0.15, -0.1) is 0 Å². The molecule has 0 saturated heterocycles. The number of amides is 1. The normalized spacial score (nSPS) is 17.0. The fraction of sp³-hybridized carbons (Fsp3) is 0.421. The van der Waals surface area contributed by atoms with Crippen LogP contribution in [-0.2, 0) is 12.8 Å². The predicted octanol–water partition coefficient (Wildman–Crippen LogP) is 2.74. The van der Waals surface area contributed by atoms with Gasteiger partial charge in [0.05, 0.1) is 11.3 Å². The molecule has 1 aromatic heterocycles. The molecular weight excluding hydrogens is 319 g/mol. The van der Waals surface area contributed by atoms with Gasteiger partial charge in [0.15, 0.2) is 0 Å². The predicted molar refractivity (Wildman–Crippen MR) is 93.1 cm³/mol. The van der Waals surface area contributed by atoms with Crippen LogP contribution >= 0.6 is 0 Å². The van der Waals surface area contributed by atoms with Gasteiger partial charge in [-0.3, -0.25) is 4.79 Å². The molecule has 0 bridgehead atoms. The molecule has 130 valence electrons. The minimum atomic E-state index is -0.456. The molecule has 0 atom stereocenters. The van der Waals surface area contributed by atoms with Crippen molar-refractivity contribution in [3.8, 4) is 0 Å². The van der Waals surface area contributed by atoms with E-state index in [9.17, 15) is 9.18 Å². The van der Waals surface area contributed by atoms with Crippen molar-refractivity contribution >= 4 is 11.7 Å². The molecule has 6 heteroatoms. The van der Waals surface area contributed by atoms with Crippen molar-refractivity contribution in [1.82, 2.24) is 14.9 Å². The molecule has 4 rings (SSSR count). The molecule has 25 heavy (non-hydrogen) atoms. The highest BCUT2D eigenvalue weighted by molar-refractivity contribution is 5.96. The first-order chi connectivity index (χ1) is 12.1. The Hall–Kier alpha value is -2.50. The number of nitrogens with zero attached hydrogens (tertiary/aromatic N) is 3. The van der Waals surface area contributed by atoms with Gasteiger partial charge in [0.2, 0.25) is 0 Å². The minimum Gasteiger partial charge on any atom is -0.367 e. The second kappa shape index (κ2) is 6.43. The molecule has 1 aliphatic heterocycles. The summed E-state index contributed by atoms with van der Waals surface area (Å²) in [6, 6.07) is 5.26. The number of aromatic nitrogens is 2. The van der Waals surface area contributed by atoms with Crippen LogP contribution in [0.4, 0.5) is 10.2 Å². The van der Waals surface area contributed by atoms with Gasteiger partial charge >= 0.3 is 0 Å². The van der Waals surface area contributed by atoms with Crippen molar-refractivity contribution in [3.63, 3.8) is 0 Å². The molecule has 0 radical (unpaired) electrons. The third-order valence-electron chi connectivity index (χ3n) is 4.93.